The van der Waals surface area contributed by atoms with Crippen LogP contribution < -0.4 is 10.6 Å². The van der Waals surface area contributed by atoms with Gasteiger partial charge in [-0.15, -0.1) is 0 Å². The van der Waals surface area contributed by atoms with Gasteiger partial charge in [0, 0.05) is 13.0 Å². The minimum Gasteiger partial charge on any atom is -0.481 e. The van der Waals surface area contributed by atoms with Crippen LogP contribution >= 0.6 is 0 Å². The highest BCUT2D eigenvalue weighted by Gasteiger charge is 2.14. The van der Waals surface area contributed by atoms with Crippen LogP contribution in [0.4, 0.5) is 0 Å². The molecule has 1 atom stereocenters. The van der Waals surface area contributed by atoms with Crippen molar-refractivity contribution in [2.24, 2.45) is 0 Å². The summed E-state index contributed by atoms with van der Waals surface area (Å²) in [5, 5.41) is 13.5. The molecule has 0 aliphatic rings. The Morgan fingerprint density at radius 2 is 1.94 bits per heavy atom. The number of hydrogen-bond donors (Lipinski definition) is 3. The van der Waals surface area contributed by atoms with E-state index >= 15 is 0 Å². The van der Waals surface area contributed by atoms with E-state index in [2.05, 4.69) is 10.6 Å². The SMILES string of the molecule is CCCC(CC(=O)O)NC(=O)CNC(C)=O. The summed E-state index contributed by atoms with van der Waals surface area (Å²) in [7, 11) is 0. The van der Waals surface area contributed by atoms with Crippen molar-refractivity contribution in [1.82, 2.24) is 10.6 Å². The fourth-order valence-electron chi connectivity index (χ4n) is 1.27. The Morgan fingerprint density at radius 1 is 1.31 bits per heavy atom. The van der Waals surface area contributed by atoms with Gasteiger partial charge in [-0.25, -0.2) is 0 Å². The van der Waals surface area contributed by atoms with E-state index in [1.165, 1.54) is 6.92 Å². The monoisotopic (exact) mass is 230 g/mol. The van der Waals surface area contributed by atoms with Crippen molar-refractivity contribution in [3.63, 3.8) is 0 Å². The fraction of sp³-hybridized carbons (Fsp3) is 0.700. The molecule has 6 heteroatoms. The zero-order valence-corrected chi connectivity index (χ0v) is 9.58. The number of nitrogens with one attached hydrogen (secondary N) is 2. The number of carboxylic acid groups (broad SMARTS) is 1. The summed E-state index contributed by atoms with van der Waals surface area (Å²) in [6.45, 7) is 3.11. The van der Waals surface area contributed by atoms with Gasteiger partial charge in [-0.3, -0.25) is 14.4 Å². The first-order valence-electron chi connectivity index (χ1n) is 5.21. The van der Waals surface area contributed by atoms with Crippen LogP contribution in [0, 0.1) is 0 Å². The second kappa shape index (κ2) is 7.67. The van der Waals surface area contributed by atoms with Gasteiger partial charge in [-0.1, -0.05) is 13.3 Å². The number of carbonyl (C=O) groups excluding carboxylic acids is 2. The summed E-state index contributed by atoms with van der Waals surface area (Å²) < 4.78 is 0. The number of carbonyl (C=O) groups is 3. The van der Waals surface area contributed by atoms with E-state index in [4.69, 9.17) is 5.11 Å². The van der Waals surface area contributed by atoms with Crippen LogP contribution in [0.1, 0.15) is 33.1 Å². The molecular weight excluding hydrogens is 212 g/mol. The first-order chi connectivity index (χ1) is 7.45. The molecule has 0 fully saturated rings. The molecule has 2 amide bonds. The number of amides is 2. The molecule has 16 heavy (non-hydrogen) atoms. The summed E-state index contributed by atoms with van der Waals surface area (Å²) in [5.74, 6) is -1.60. The molecule has 0 aromatic rings. The quantitative estimate of drug-likeness (QED) is 0.568. The molecule has 0 aromatic heterocycles. The second-order valence-electron chi connectivity index (χ2n) is 3.56. The maximum absolute atomic E-state index is 11.3. The molecule has 1 unspecified atom stereocenters. The number of rotatable bonds is 7. The van der Waals surface area contributed by atoms with E-state index in [1.54, 1.807) is 0 Å². The third-order valence-corrected chi connectivity index (χ3v) is 1.92. The predicted molar refractivity (Wildman–Crippen MR) is 57.8 cm³/mol. The Balaban J connectivity index is 4.01. The zero-order valence-electron chi connectivity index (χ0n) is 9.58. The Hall–Kier alpha value is -1.59. The molecule has 0 heterocycles. The Kier molecular flexibility index (Phi) is 6.91. The van der Waals surface area contributed by atoms with Gasteiger partial charge >= 0.3 is 5.97 Å². The van der Waals surface area contributed by atoms with E-state index < -0.39 is 5.97 Å². The topological polar surface area (TPSA) is 95.5 Å². The maximum atomic E-state index is 11.3. The van der Waals surface area contributed by atoms with Gasteiger partial charge in [0.05, 0.1) is 13.0 Å². The Labute approximate surface area is 94.4 Å². The zero-order chi connectivity index (χ0) is 12.6. The van der Waals surface area contributed by atoms with Gasteiger partial charge in [0.15, 0.2) is 0 Å². The lowest BCUT2D eigenvalue weighted by Gasteiger charge is -2.15. The molecule has 0 radical (unpaired) electrons. The Bertz CT molecular complexity index is 266. The van der Waals surface area contributed by atoms with Gasteiger partial charge in [0.25, 0.3) is 0 Å². The van der Waals surface area contributed by atoms with Crippen LogP contribution in [-0.2, 0) is 14.4 Å². The van der Waals surface area contributed by atoms with Gasteiger partial charge < -0.3 is 15.7 Å². The first-order valence-corrected chi connectivity index (χ1v) is 5.21. The summed E-state index contributed by atoms with van der Waals surface area (Å²) >= 11 is 0. The lowest BCUT2D eigenvalue weighted by atomic mass is 10.1. The number of carboxylic acids is 1. The minimum absolute atomic E-state index is 0.0976. The van der Waals surface area contributed by atoms with Crippen LogP contribution in [0.2, 0.25) is 0 Å². The third kappa shape index (κ3) is 7.78. The van der Waals surface area contributed by atoms with E-state index in [0.717, 1.165) is 6.42 Å². The smallest absolute Gasteiger partial charge is 0.305 e. The van der Waals surface area contributed by atoms with Gasteiger partial charge in [-0.2, -0.15) is 0 Å². The molecule has 0 saturated heterocycles. The van der Waals surface area contributed by atoms with Crippen molar-refractivity contribution in [2.45, 2.75) is 39.2 Å². The molecule has 0 rings (SSSR count). The van der Waals surface area contributed by atoms with Crippen LogP contribution in [0.5, 0.6) is 0 Å². The van der Waals surface area contributed by atoms with E-state index in [1.807, 2.05) is 6.92 Å². The van der Waals surface area contributed by atoms with Crippen LogP contribution in [-0.4, -0.2) is 35.5 Å². The highest BCUT2D eigenvalue weighted by molar-refractivity contribution is 5.84. The third-order valence-electron chi connectivity index (χ3n) is 1.92. The lowest BCUT2D eigenvalue weighted by Crippen LogP contribution is -2.42. The largest absolute Gasteiger partial charge is 0.481 e. The molecule has 0 saturated carbocycles. The first kappa shape index (κ1) is 14.4. The maximum Gasteiger partial charge on any atom is 0.305 e. The van der Waals surface area contributed by atoms with E-state index in [-0.39, 0.29) is 30.8 Å². The van der Waals surface area contributed by atoms with E-state index in [0.29, 0.717) is 6.42 Å². The van der Waals surface area contributed by atoms with Gasteiger partial charge in [0.2, 0.25) is 11.8 Å². The van der Waals surface area contributed by atoms with Crippen molar-refractivity contribution >= 4 is 17.8 Å². The van der Waals surface area contributed by atoms with Gasteiger partial charge in [0.1, 0.15) is 0 Å². The van der Waals surface area contributed by atoms with Crippen molar-refractivity contribution in [3.8, 4) is 0 Å². The summed E-state index contributed by atoms with van der Waals surface area (Å²) in [5.41, 5.74) is 0. The van der Waals surface area contributed by atoms with E-state index in [9.17, 15) is 14.4 Å². The average molecular weight is 230 g/mol. The summed E-state index contributed by atoms with van der Waals surface area (Å²) in [6.07, 6.45) is 1.30. The van der Waals surface area contributed by atoms with Crippen molar-refractivity contribution in [2.75, 3.05) is 6.54 Å². The molecule has 0 aliphatic heterocycles. The number of hydrogen-bond acceptors (Lipinski definition) is 3. The second-order valence-corrected chi connectivity index (χ2v) is 3.56. The van der Waals surface area contributed by atoms with Crippen molar-refractivity contribution < 1.29 is 19.5 Å². The predicted octanol–water partition coefficient (Wildman–Crippen LogP) is -0.118. The van der Waals surface area contributed by atoms with Crippen LogP contribution in [0.25, 0.3) is 0 Å². The molecule has 6 nitrogen and oxygen atoms in total. The van der Waals surface area contributed by atoms with Crippen molar-refractivity contribution in [3.05, 3.63) is 0 Å². The van der Waals surface area contributed by atoms with Crippen molar-refractivity contribution in [1.29, 1.82) is 0 Å². The lowest BCUT2D eigenvalue weighted by molar-refractivity contribution is -0.138. The number of aliphatic carboxylic acids is 1. The average Bonchev–Trinajstić information content (AvgIpc) is 2.14. The highest BCUT2D eigenvalue weighted by atomic mass is 16.4. The molecular formula is C10H18N2O4. The Morgan fingerprint density at radius 3 is 2.38 bits per heavy atom. The summed E-state index contributed by atoms with van der Waals surface area (Å²) in [6, 6.07) is -0.372. The van der Waals surface area contributed by atoms with Crippen LogP contribution in [0.15, 0.2) is 0 Å². The minimum atomic E-state index is -0.946. The molecule has 0 spiro atoms. The highest BCUT2D eigenvalue weighted by Crippen LogP contribution is 2.01. The molecule has 0 aromatic carbocycles. The molecule has 92 valence electrons. The summed E-state index contributed by atoms with van der Waals surface area (Å²) in [4.78, 5) is 32.4. The van der Waals surface area contributed by atoms with Crippen LogP contribution in [0.3, 0.4) is 0 Å². The van der Waals surface area contributed by atoms with Gasteiger partial charge in [-0.05, 0) is 6.42 Å². The fourth-order valence-corrected chi connectivity index (χ4v) is 1.27. The molecule has 3 N–H and O–H groups in total. The molecule has 0 aliphatic carbocycles. The normalized spacial score (nSPS) is 11.6. The molecule has 0 bridgehead atoms. The standard InChI is InChI=1S/C10H18N2O4/c1-3-4-8(5-10(15)16)12-9(14)6-11-7(2)13/h8H,3-6H2,1-2H3,(H,11,13)(H,12,14)(H,15,16).